The molecular formula is C22H25N3O. The molecule has 1 fully saturated rings. The van der Waals surface area contributed by atoms with Crippen molar-refractivity contribution >= 4 is 16.8 Å². The van der Waals surface area contributed by atoms with E-state index in [1.54, 1.807) is 0 Å². The van der Waals surface area contributed by atoms with E-state index >= 15 is 0 Å². The molecule has 0 bridgehead atoms. The zero-order valence-electron chi connectivity index (χ0n) is 15.6. The highest BCUT2D eigenvalue weighted by Gasteiger charge is 2.32. The summed E-state index contributed by atoms with van der Waals surface area (Å²) in [6.07, 6.45) is 0. The summed E-state index contributed by atoms with van der Waals surface area (Å²) in [5, 5.41) is 1.13. The van der Waals surface area contributed by atoms with Crippen molar-refractivity contribution in [3.8, 4) is 0 Å². The van der Waals surface area contributed by atoms with Crippen LogP contribution in [0.4, 0.5) is 0 Å². The molecule has 1 aliphatic rings. The van der Waals surface area contributed by atoms with Crippen molar-refractivity contribution in [3.05, 3.63) is 71.4 Å². The number of aromatic nitrogens is 1. The zero-order valence-corrected chi connectivity index (χ0v) is 15.6. The molecule has 3 aromatic rings. The molecule has 4 rings (SSSR count). The zero-order chi connectivity index (χ0) is 18.3. The van der Waals surface area contributed by atoms with Crippen LogP contribution in [-0.4, -0.2) is 47.0 Å². The van der Waals surface area contributed by atoms with Gasteiger partial charge in [-0.15, -0.1) is 0 Å². The molecular weight excluding hydrogens is 322 g/mol. The number of likely N-dealkylation sites (N-methyl/N-ethyl adjacent to an activating group) is 1. The minimum Gasteiger partial charge on any atom is -0.339 e. The SMILES string of the molecule is Cc1cccc2cc(C(=O)N3CCN(C)C[C@@H]3c3ccccc3)n(C)c12. The highest BCUT2D eigenvalue weighted by molar-refractivity contribution is 5.99. The van der Waals surface area contributed by atoms with Gasteiger partial charge in [0.25, 0.3) is 5.91 Å². The van der Waals surface area contributed by atoms with E-state index in [4.69, 9.17) is 0 Å². The lowest BCUT2D eigenvalue weighted by Crippen LogP contribution is -2.49. The second kappa shape index (κ2) is 6.61. The van der Waals surface area contributed by atoms with Crippen molar-refractivity contribution in [1.82, 2.24) is 14.4 Å². The molecule has 1 aliphatic heterocycles. The van der Waals surface area contributed by atoms with Crippen molar-refractivity contribution in [2.75, 3.05) is 26.7 Å². The van der Waals surface area contributed by atoms with E-state index in [1.165, 1.54) is 11.1 Å². The Balaban J connectivity index is 1.74. The number of benzene rings is 2. The van der Waals surface area contributed by atoms with Crippen molar-refractivity contribution in [3.63, 3.8) is 0 Å². The van der Waals surface area contributed by atoms with Crippen LogP contribution in [0, 0.1) is 6.92 Å². The Morgan fingerprint density at radius 3 is 2.50 bits per heavy atom. The summed E-state index contributed by atoms with van der Waals surface area (Å²) in [4.78, 5) is 17.8. The molecule has 0 saturated carbocycles. The lowest BCUT2D eigenvalue weighted by molar-refractivity contribution is 0.0489. The quantitative estimate of drug-likeness (QED) is 0.708. The molecule has 1 amide bonds. The van der Waals surface area contributed by atoms with E-state index in [0.29, 0.717) is 0 Å². The Kier molecular flexibility index (Phi) is 4.29. The highest BCUT2D eigenvalue weighted by Crippen LogP contribution is 2.29. The van der Waals surface area contributed by atoms with Crippen LogP contribution in [0.25, 0.3) is 10.9 Å². The molecule has 0 unspecified atom stereocenters. The molecule has 26 heavy (non-hydrogen) atoms. The Morgan fingerprint density at radius 1 is 1.00 bits per heavy atom. The number of hydrogen-bond acceptors (Lipinski definition) is 2. The number of hydrogen-bond donors (Lipinski definition) is 0. The number of nitrogens with zero attached hydrogens (tertiary/aromatic N) is 3. The Hall–Kier alpha value is -2.59. The lowest BCUT2D eigenvalue weighted by Gasteiger charge is -2.40. The maximum absolute atomic E-state index is 13.5. The van der Waals surface area contributed by atoms with Gasteiger partial charge in [-0.2, -0.15) is 0 Å². The standard InChI is InChI=1S/C22H25N3O/c1-16-8-7-11-18-14-19(24(3)21(16)18)22(26)25-13-12-23(2)15-20(25)17-9-5-4-6-10-17/h4-11,14,20H,12-13,15H2,1-3H3/t20-/m1/s1. The molecule has 4 heteroatoms. The molecule has 1 aromatic heterocycles. The maximum atomic E-state index is 13.5. The summed E-state index contributed by atoms with van der Waals surface area (Å²) in [5.74, 6) is 0.116. The monoisotopic (exact) mass is 347 g/mol. The summed E-state index contributed by atoms with van der Waals surface area (Å²) in [5.41, 5.74) is 4.30. The van der Waals surface area contributed by atoms with Gasteiger partial charge < -0.3 is 14.4 Å². The van der Waals surface area contributed by atoms with Gasteiger partial charge in [-0.25, -0.2) is 0 Å². The first-order valence-electron chi connectivity index (χ1n) is 9.16. The van der Waals surface area contributed by atoms with E-state index in [-0.39, 0.29) is 11.9 Å². The Morgan fingerprint density at radius 2 is 1.77 bits per heavy atom. The molecule has 2 aromatic carbocycles. The third-order valence-electron chi connectivity index (χ3n) is 5.51. The molecule has 1 atom stereocenters. The van der Waals surface area contributed by atoms with Gasteiger partial charge in [0.2, 0.25) is 0 Å². The van der Waals surface area contributed by atoms with Crippen LogP contribution >= 0.6 is 0 Å². The minimum atomic E-state index is 0.0848. The van der Waals surface area contributed by atoms with Crippen LogP contribution < -0.4 is 0 Å². The number of piperazine rings is 1. The first kappa shape index (κ1) is 16.9. The van der Waals surface area contributed by atoms with Gasteiger partial charge in [0.15, 0.2) is 0 Å². The summed E-state index contributed by atoms with van der Waals surface area (Å²) in [6, 6.07) is 18.7. The molecule has 1 saturated heterocycles. The fourth-order valence-electron chi connectivity index (χ4n) is 4.10. The normalized spacial score (nSPS) is 18.4. The largest absolute Gasteiger partial charge is 0.339 e. The van der Waals surface area contributed by atoms with Gasteiger partial charge in [-0.1, -0.05) is 48.5 Å². The number of fused-ring (bicyclic) bond motifs is 1. The molecule has 4 nitrogen and oxygen atoms in total. The summed E-state index contributed by atoms with van der Waals surface area (Å²) in [7, 11) is 4.12. The first-order valence-corrected chi connectivity index (χ1v) is 9.16. The topological polar surface area (TPSA) is 28.5 Å². The third-order valence-corrected chi connectivity index (χ3v) is 5.51. The fourth-order valence-corrected chi connectivity index (χ4v) is 4.10. The van der Waals surface area contributed by atoms with Gasteiger partial charge in [-0.3, -0.25) is 4.79 Å². The predicted octanol–water partition coefficient (Wildman–Crippen LogP) is 3.62. The van der Waals surface area contributed by atoms with Crippen molar-refractivity contribution in [1.29, 1.82) is 0 Å². The number of rotatable bonds is 2. The lowest BCUT2D eigenvalue weighted by atomic mass is 10.0. The van der Waals surface area contributed by atoms with E-state index < -0.39 is 0 Å². The molecule has 134 valence electrons. The van der Waals surface area contributed by atoms with Crippen molar-refractivity contribution in [2.24, 2.45) is 7.05 Å². The first-order chi connectivity index (χ1) is 12.6. The molecule has 0 aliphatic carbocycles. The second-order valence-corrected chi connectivity index (χ2v) is 7.29. The highest BCUT2D eigenvalue weighted by atomic mass is 16.2. The number of aryl methyl sites for hydroxylation is 2. The van der Waals surface area contributed by atoms with E-state index in [0.717, 1.165) is 36.2 Å². The van der Waals surface area contributed by atoms with Crippen molar-refractivity contribution in [2.45, 2.75) is 13.0 Å². The average Bonchev–Trinajstić information content (AvgIpc) is 3.00. The van der Waals surface area contributed by atoms with Crippen LogP contribution in [-0.2, 0) is 7.05 Å². The van der Waals surface area contributed by atoms with Crippen molar-refractivity contribution < 1.29 is 4.79 Å². The molecule has 0 spiro atoms. The third kappa shape index (κ3) is 2.80. The smallest absolute Gasteiger partial charge is 0.271 e. The van der Waals surface area contributed by atoms with Crippen LogP contribution in [0.3, 0.4) is 0 Å². The van der Waals surface area contributed by atoms with Crippen LogP contribution in [0.1, 0.15) is 27.7 Å². The summed E-state index contributed by atoms with van der Waals surface area (Å²) in [6.45, 7) is 4.60. The number of carbonyl (C=O) groups excluding carboxylic acids is 1. The van der Waals surface area contributed by atoms with E-state index in [1.807, 2.05) is 40.8 Å². The summed E-state index contributed by atoms with van der Waals surface area (Å²) < 4.78 is 2.05. The predicted molar refractivity (Wildman–Crippen MR) is 105 cm³/mol. The van der Waals surface area contributed by atoms with Crippen LogP contribution in [0.15, 0.2) is 54.6 Å². The molecule has 0 N–H and O–H groups in total. The van der Waals surface area contributed by atoms with Gasteiger partial charge in [0.1, 0.15) is 5.69 Å². The minimum absolute atomic E-state index is 0.0848. The maximum Gasteiger partial charge on any atom is 0.271 e. The van der Waals surface area contributed by atoms with Crippen LogP contribution in [0.5, 0.6) is 0 Å². The van der Waals surface area contributed by atoms with Gasteiger partial charge in [-0.05, 0) is 31.2 Å². The molecule has 2 heterocycles. The Labute approximate surface area is 154 Å². The molecule has 0 radical (unpaired) electrons. The van der Waals surface area contributed by atoms with Gasteiger partial charge >= 0.3 is 0 Å². The average molecular weight is 347 g/mol. The van der Waals surface area contributed by atoms with E-state index in [9.17, 15) is 4.79 Å². The Bertz CT molecular complexity index is 945. The van der Waals surface area contributed by atoms with Crippen LogP contribution in [0.2, 0.25) is 0 Å². The second-order valence-electron chi connectivity index (χ2n) is 7.29. The van der Waals surface area contributed by atoms with Gasteiger partial charge in [0.05, 0.1) is 11.6 Å². The summed E-state index contributed by atoms with van der Waals surface area (Å²) >= 11 is 0. The number of para-hydroxylation sites is 1. The fraction of sp³-hybridized carbons (Fsp3) is 0.318. The number of amides is 1. The number of carbonyl (C=O) groups is 1. The van der Waals surface area contributed by atoms with Gasteiger partial charge in [0, 0.05) is 32.1 Å². The van der Waals surface area contributed by atoms with E-state index in [2.05, 4.69) is 49.2 Å².